The first-order chi connectivity index (χ1) is 7.74. The van der Waals surface area contributed by atoms with Crippen LogP contribution in [0, 0.1) is 11.3 Å². The van der Waals surface area contributed by atoms with E-state index in [9.17, 15) is 5.11 Å². The zero-order chi connectivity index (χ0) is 11.5. The average molecular weight is 216 g/mol. The van der Waals surface area contributed by atoms with Crippen LogP contribution in [0.5, 0.6) is 0 Å². The molecule has 0 radical (unpaired) electrons. The van der Waals surface area contributed by atoms with Crippen molar-refractivity contribution in [2.24, 2.45) is 0 Å². The van der Waals surface area contributed by atoms with Gasteiger partial charge in [-0.25, -0.2) is 0 Å². The molecule has 3 nitrogen and oxygen atoms in total. The second-order valence-electron chi connectivity index (χ2n) is 4.31. The first-order valence-electron chi connectivity index (χ1n) is 5.64. The van der Waals surface area contributed by atoms with Crippen molar-refractivity contribution in [3.05, 3.63) is 29.8 Å². The van der Waals surface area contributed by atoms with Crippen LogP contribution in [0.15, 0.2) is 24.3 Å². The second kappa shape index (κ2) is 4.54. The highest BCUT2D eigenvalue weighted by molar-refractivity contribution is 5.59. The highest BCUT2D eigenvalue weighted by atomic mass is 16.3. The molecule has 0 unspecified atom stereocenters. The Morgan fingerprint density at radius 3 is 2.75 bits per heavy atom. The maximum atomic E-state index is 9.86. The van der Waals surface area contributed by atoms with E-state index in [-0.39, 0.29) is 12.1 Å². The summed E-state index contributed by atoms with van der Waals surface area (Å²) >= 11 is 0. The number of hydrogen-bond donors (Lipinski definition) is 1. The molecule has 2 atom stereocenters. The smallest absolute Gasteiger partial charge is 0.101 e. The van der Waals surface area contributed by atoms with Gasteiger partial charge in [-0.05, 0) is 31.4 Å². The van der Waals surface area contributed by atoms with Crippen LogP contribution in [0.4, 0.5) is 5.69 Å². The highest BCUT2D eigenvalue weighted by Crippen LogP contribution is 2.29. The molecule has 0 amide bonds. The van der Waals surface area contributed by atoms with Crippen LogP contribution >= 0.6 is 0 Å². The molecule has 0 spiro atoms. The standard InChI is InChI=1S/C13H16N2O/c1-15(12-7-4-8-13(12)16)11-6-3-2-5-10(11)9-14/h2-3,5-6,12-13,16H,4,7-8H2,1H3/t12-,13-/m1/s1. The van der Waals surface area contributed by atoms with Gasteiger partial charge in [0.15, 0.2) is 0 Å². The molecular formula is C13H16N2O. The van der Waals surface area contributed by atoms with E-state index < -0.39 is 0 Å². The molecule has 3 heteroatoms. The second-order valence-corrected chi connectivity index (χ2v) is 4.31. The lowest BCUT2D eigenvalue weighted by atomic mass is 10.1. The molecule has 16 heavy (non-hydrogen) atoms. The zero-order valence-corrected chi connectivity index (χ0v) is 9.43. The summed E-state index contributed by atoms with van der Waals surface area (Å²) in [7, 11) is 1.95. The van der Waals surface area contributed by atoms with Crippen molar-refractivity contribution in [2.75, 3.05) is 11.9 Å². The van der Waals surface area contributed by atoms with Crippen LogP contribution < -0.4 is 4.90 Å². The predicted octanol–water partition coefficient (Wildman–Crippen LogP) is 1.91. The molecule has 0 aliphatic heterocycles. The summed E-state index contributed by atoms with van der Waals surface area (Å²) in [6.45, 7) is 0. The zero-order valence-electron chi connectivity index (χ0n) is 9.43. The summed E-state index contributed by atoms with van der Waals surface area (Å²) in [6, 6.07) is 9.87. The average Bonchev–Trinajstić information content (AvgIpc) is 2.74. The lowest BCUT2D eigenvalue weighted by Crippen LogP contribution is -2.37. The number of hydrogen-bond acceptors (Lipinski definition) is 3. The minimum absolute atomic E-state index is 0.148. The van der Waals surface area contributed by atoms with E-state index in [1.807, 2.05) is 36.2 Å². The summed E-state index contributed by atoms with van der Waals surface area (Å²) in [6.07, 6.45) is 2.66. The number of likely N-dealkylation sites (N-methyl/N-ethyl adjacent to an activating group) is 1. The summed E-state index contributed by atoms with van der Waals surface area (Å²) in [4.78, 5) is 2.04. The third-order valence-corrected chi connectivity index (χ3v) is 3.35. The summed E-state index contributed by atoms with van der Waals surface area (Å²) in [5.74, 6) is 0. The van der Waals surface area contributed by atoms with Crippen LogP contribution in [0.1, 0.15) is 24.8 Å². The third-order valence-electron chi connectivity index (χ3n) is 3.35. The van der Waals surface area contributed by atoms with Crippen molar-refractivity contribution in [1.82, 2.24) is 0 Å². The number of aliphatic hydroxyl groups is 1. The first-order valence-corrected chi connectivity index (χ1v) is 5.64. The van der Waals surface area contributed by atoms with E-state index in [0.717, 1.165) is 24.9 Å². The SMILES string of the molecule is CN(c1ccccc1C#N)[C@@H]1CCC[C@H]1O. The summed E-state index contributed by atoms with van der Waals surface area (Å²) < 4.78 is 0. The number of para-hydroxylation sites is 1. The van der Waals surface area contributed by atoms with E-state index in [4.69, 9.17) is 5.26 Å². The van der Waals surface area contributed by atoms with Gasteiger partial charge >= 0.3 is 0 Å². The van der Waals surface area contributed by atoms with Crippen molar-refractivity contribution in [3.8, 4) is 6.07 Å². The lowest BCUT2D eigenvalue weighted by Gasteiger charge is -2.29. The van der Waals surface area contributed by atoms with E-state index in [1.54, 1.807) is 0 Å². The Bertz CT molecular complexity index is 411. The fourth-order valence-electron chi connectivity index (χ4n) is 2.43. The minimum Gasteiger partial charge on any atom is -0.391 e. The predicted molar refractivity (Wildman–Crippen MR) is 63.2 cm³/mol. The summed E-state index contributed by atoms with van der Waals surface area (Å²) in [5, 5.41) is 18.9. The molecule has 2 rings (SSSR count). The van der Waals surface area contributed by atoms with Gasteiger partial charge in [-0.3, -0.25) is 0 Å². The van der Waals surface area contributed by atoms with Gasteiger partial charge in [0.05, 0.1) is 23.4 Å². The van der Waals surface area contributed by atoms with E-state index in [2.05, 4.69) is 6.07 Å². The molecule has 0 bridgehead atoms. The number of aliphatic hydroxyl groups excluding tert-OH is 1. The van der Waals surface area contributed by atoms with Gasteiger partial charge in [0.25, 0.3) is 0 Å². The number of anilines is 1. The Morgan fingerprint density at radius 2 is 2.12 bits per heavy atom. The number of nitriles is 1. The van der Waals surface area contributed by atoms with Crippen molar-refractivity contribution in [3.63, 3.8) is 0 Å². The maximum absolute atomic E-state index is 9.86. The van der Waals surface area contributed by atoms with Gasteiger partial charge in [-0.15, -0.1) is 0 Å². The molecule has 1 aromatic carbocycles. The lowest BCUT2D eigenvalue weighted by molar-refractivity contribution is 0.163. The molecular weight excluding hydrogens is 200 g/mol. The van der Waals surface area contributed by atoms with Crippen LogP contribution in [-0.4, -0.2) is 24.3 Å². The Balaban J connectivity index is 2.27. The Hall–Kier alpha value is -1.53. The van der Waals surface area contributed by atoms with Crippen molar-refractivity contribution in [2.45, 2.75) is 31.4 Å². The van der Waals surface area contributed by atoms with Crippen molar-refractivity contribution in [1.29, 1.82) is 5.26 Å². The first kappa shape index (κ1) is 11.0. The molecule has 1 aliphatic carbocycles. The molecule has 1 N–H and O–H groups in total. The molecule has 1 aromatic rings. The van der Waals surface area contributed by atoms with Gasteiger partial charge in [0.1, 0.15) is 6.07 Å². The Kier molecular flexibility index (Phi) is 3.12. The molecule has 0 heterocycles. The number of nitrogens with zero attached hydrogens (tertiary/aromatic N) is 2. The van der Waals surface area contributed by atoms with E-state index >= 15 is 0 Å². The Labute approximate surface area is 95.9 Å². The van der Waals surface area contributed by atoms with Gasteiger partial charge < -0.3 is 10.0 Å². The topological polar surface area (TPSA) is 47.3 Å². The molecule has 84 valence electrons. The summed E-state index contributed by atoms with van der Waals surface area (Å²) in [5.41, 5.74) is 1.58. The normalized spacial score (nSPS) is 24.1. The van der Waals surface area contributed by atoms with Crippen LogP contribution in [0.25, 0.3) is 0 Å². The monoisotopic (exact) mass is 216 g/mol. The van der Waals surface area contributed by atoms with Crippen molar-refractivity contribution < 1.29 is 5.11 Å². The van der Waals surface area contributed by atoms with Gasteiger partial charge in [-0.1, -0.05) is 12.1 Å². The van der Waals surface area contributed by atoms with E-state index in [0.29, 0.717) is 5.56 Å². The molecule has 1 fully saturated rings. The molecule has 0 aromatic heterocycles. The fourth-order valence-corrected chi connectivity index (χ4v) is 2.43. The van der Waals surface area contributed by atoms with E-state index in [1.165, 1.54) is 0 Å². The van der Waals surface area contributed by atoms with Gasteiger partial charge in [0, 0.05) is 7.05 Å². The van der Waals surface area contributed by atoms with Crippen LogP contribution in [0.3, 0.4) is 0 Å². The van der Waals surface area contributed by atoms with Crippen molar-refractivity contribution >= 4 is 5.69 Å². The molecule has 0 saturated heterocycles. The molecule has 1 aliphatic rings. The Morgan fingerprint density at radius 1 is 1.38 bits per heavy atom. The minimum atomic E-state index is -0.267. The highest BCUT2D eigenvalue weighted by Gasteiger charge is 2.29. The maximum Gasteiger partial charge on any atom is 0.101 e. The quantitative estimate of drug-likeness (QED) is 0.821. The van der Waals surface area contributed by atoms with Crippen LogP contribution in [0.2, 0.25) is 0 Å². The van der Waals surface area contributed by atoms with Crippen LogP contribution in [-0.2, 0) is 0 Å². The fraction of sp³-hybridized carbons (Fsp3) is 0.462. The number of benzene rings is 1. The molecule has 1 saturated carbocycles. The number of rotatable bonds is 2. The van der Waals surface area contributed by atoms with Gasteiger partial charge in [0.2, 0.25) is 0 Å². The van der Waals surface area contributed by atoms with Gasteiger partial charge in [-0.2, -0.15) is 5.26 Å². The third kappa shape index (κ3) is 1.89. The largest absolute Gasteiger partial charge is 0.391 e.